The van der Waals surface area contributed by atoms with Gasteiger partial charge in [0.2, 0.25) is 0 Å². The maximum absolute atomic E-state index is 15.3. The third-order valence-corrected chi connectivity index (χ3v) is 23.3. The van der Waals surface area contributed by atoms with Gasteiger partial charge < -0.3 is 48.8 Å². The second-order valence-corrected chi connectivity index (χ2v) is 39.7. The van der Waals surface area contributed by atoms with E-state index >= 15 is 9.59 Å². The predicted octanol–water partition coefficient (Wildman–Crippen LogP) is 16.0. The zero-order chi connectivity index (χ0) is 74.5. The summed E-state index contributed by atoms with van der Waals surface area (Å²) < 4.78 is 52.1. The van der Waals surface area contributed by atoms with Crippen LogP contribution in [0, 0.1) is 17.8 Å². The van der Waals surface area contributed by atoms with Crippen molar-refractivity contribution in [3.8, 4) is 11.5 Å². The lowest BCUT2D eigenvalue weighted by Gasteiger charge is -2.53. The van der Waals surface area contributed by atoms with Gasteiger partial charge in [0.05, 0.1) is 19.4 Å². The van der Waals surface area contributed by atoms with Crippen molar-refractivity contribution >= 4 is 31.5 Å². The first kappa shape index (κ1) is 83.3. The minimum absolute atomic E-state index is 0.0493. The Balaban J connectivity index is 0.000000360. The minimum atomic E-state index is -4.08. The standard InChI is InChI=1S/C43H75N2O8P.C36H58N2O5/c1-19-50-54(49,51-20-2)28-43(35(47)52-30-24-39(9,10)44(17)40(11,12)25-30,36(48)53-31-26-41(13,14)45(18)42(15,16)27-31)23-29-21-32(37(3,4)5)34(46)33(22-29)38(6,7)8;1-14-15-36(18-24-16-23(2)28(39)27(17-24)31(3,4)5,29(40)42-25-19-32(6,7)37-33(8,9)20-25)30(41)43-26-21-34(10,11)38-35(12,13)22-26/h21-22,30-31,46H,19-20,23-28H2,1-18H3;14,16-17,25-26,37-39H,1,15,18-22H2,2-13H3. The van der Waals surface area contributed by atoms with Crippen molar-refractivity contribution in [1.82, 2.24) is 20.4 Å². The van der Waals surface area contributed by atoms with Gasteiger partial charge in [-0.05, 0) is 215 Å². The number of nitrogens with one attached hydrogen (secondary N) is 2. The topological polar surface area (TPSA) is 212 Å². The molecule has 97 heavy (non-hydrogen) atoms. The lowest BCUT2D eigenvalue weighted by atomic mass is 9.75. The average Bonchev–Trinajstić information content (AvgIpc) is 0.747. The number of benzene rings is 2. The molecule has 18 heteroatoms. The third-order valence-electron chi connectivity index (χ3n) is 21.1. The molecule has 0 amide bonds. The minimum Gasteiger partial charge on any atom is -0.507 e. The molecule has 4 fully saturated rings. The Hall–Kier alpha value is -4.35. The molecule has 0 aromatic heterocycles. The molecule has 6 rings (SSSR count). The Labute approximate surface area is 586 Å². The molecule has 0 unspecified atom stereocenters. The molecule has 4 aliphatic heterocycles. The summed E-state index contributed by atoms with van der Waals surface area (Å²) in [5, 5.41) is 29.8. The number of hydrogen-bond donors (Lipinski definition) is 4. The SMILES string of the molecule is C=CCC(Cc1cc(C)c(O)c(C(C)(C)C)c1)(C(=O)OC1CC(C)(C)NC(C)(C)C1)C(=O)OC1CC(C)(C)NC(C)(C)C1.CCOP(=O)(CC(Cc1cc(C(C)(C)C)c(O)c(C(C)(C)C)c1)(C(=O)OC1CC(C)(C)N(C)C(C)(C)C1)C(=O)OC1CC(C)(C)N(C)C(C)(C)C1)OCC. The van der Waals surface area contributed by atoms with Gasteiger partial charge in [-0.15, -0.1) is 6.58 Å². The number of aromatic hydroxyl groups is 2. The number of likely N-dealkylation sites (tertiary alicyclic amines) is 2. The van der Waals surface area contributed by atoms with Crippen LogP contribution in [0.3, 0.4) is 0 Å². The number of rotatable bonds is 20. The van der Waals surface area contributed by atoms with Gasteiger partial charge in [-0.3, -0.25) is 33.5 Å². The van der Waals surface area contributed by atoms with E-state index < -0.39 is 71.5 Å². The van der Waals surface area contributed by atoms with E-state index in [-0.39, 0.29) is 106 Å². The number of esters is 4. The fourth-order valence-electron chi connectivity index (χ4n) is 16.5. The number of phenols is 2. The van der Waals surface area contributed by atoms with Crippen LogP contribution < -0.4 is 10.6 Å². The van der Waals surface area contributed by atoms with E-state index in [4.69, 9.17) is 28.0 Å². The van der Waals surface area contributed by atoms with E-state index in [0.717, 1.165) is 11.1 Å². The highest BCUT2D eigenvalue weighted by atomic mass is 31.2. The lowest BCUT2D eigenvalue weighted by Crippen LogP contribution is -2.61. The highest BCUT2D eigenvalue weighted by Crippen LogP contribution is 2.56. The molecule has 2 aromatic rings. The molecule has 0 bridgehead atoms. The Morgan fingerprint density at radius 1 is 0.495 bits per heavy atom. The van der Waals surface area contributed by atoms with Gasteiger partial charge in [0.1, 0.15) is 35.9 Å². The molecule has 0 aliphatic carbocycles. The molecule has 4 heterocycles. The number of nitrogens with zero attached hydrogens (tertiary/aromatic N) is 2. The second-order valence-electron chi connectivity index (χ2n) is 37.6. The maximum Gasteiger partial charge on any atom is 0.332 e. The fraction of sp³-hybridized carbons (Fsp3) is 0.772. The van der Waals surface area contributed by atoms with Crippen LogP contribution in [0.4, 0.5) is 0 Å². The van der Waals surface area contributed by atoms with Crippen LogP contribution in [0.2, 0.25) is 0 Å². The lowest BCUT2D eigenvalue weighted by molar-refractivity contribution is -0.187. The first-order valence-electron chi connectivity index (χ1n) is 35.8. The molecular formula is C79H133N4O13P. The molecule has 0 radical (unpaired) electrons. The van der Waals surface area contributed by atoms with Gasteiger partial charge >= 0.3 is 31.5 Å². The summed E-state index contributed by atoms with van der Waals surface area (Å²) in [5.74, 6) is -2.35. The van der Waals surface area contributed by atoms with Gasteiger partial charge in [-0.2, -0.15) is 0 Å². The van der Waals surface area contributed by atoms with Gasteiger partial charge in [0.15, 0.2) is 10.8 Å². The van der Waals surface area contributed by atoms with Crippen molar-refractivity contribution in [2.24, 2.45) is 10.8 Å². The van der Waals surface area contributed by atoms with Crippen LogP contribution in [-0.2, 0) is 80.8 Å². The summed E-state index contributed by atoms with van der Waals surface area (Å²) >= 11 is 0. The van der Waals surface area contributed by atoms with Crippen LogP contribution in [0.5, 0.6) is 11.5 Å². The zero-order valence-corrected chi connectivity index (χ0v) is 66.9. The molecule has 2 aromatic carbocycles. The summed E-state index contributed by atoms with van der Waals surface area (Å²) in [7, 11) is 0.0770. The van der Waals surface area contributed by atoms with E-state index in [1.807, 2.05) is 93.5 Å². The van der Waals surface area contributed by atoms with Crippen LogP contribution in [0.1, 0.15) is 278 Å². The number of carbonyl (C=O) groups is 4. The smallest absolute Gasteiger partial charge is 0.332 e. The highest BCUT2D eigenvalue weighted by Gasteiger charge is 2.59. The molecule has 17 nitrogen and oxygen atoms in total. The number of hydrogen-bond acceptors (Lipinski definition) is 17. The summed E-state index contributed by atoms with van der Waals surface area (Å²) in [6.45, 7) is 61.3. The van der Waals surface area contributed by atoms with Gasteiger partial charge in [0.25, 0.3) is 0 Å². The number of ether oxygens (including phenoxy) is 4. The Morgan fingerprint density at radius 2 is 0.763 bits per heavy atom. The summed E-state index contributed by atoms with van der Waals surface area (Å²) in [6.07, 6.45) is 3.91. The van der Waals surface area contributed by atoms with Crippen LogP contribution in [0.15, 0.2) is 36.9 Å². The second kappa shape index (κ2) is 29.2. The highest BCUT2D eigenvalue weighted by molar-refractivity contribution is 7.54. The predicted molar refractivity (Wildman–Crippen MR) is 391 cm³/mol. The van der Waals surface area contributed by atoms with E-state index in [1.54, 1.807) is 19.9 Å². The van der Waals surface area contributed by atoms with Crippen molar-refractivity contribution in [2.75, 3.05) is 33.5 Å². The Bertz CT molecular complexity index is 2990. The van der Waals surface area contributed by atoms with Crippen molar-refractivity contribution < 1.29 is 62.0 Å². The Kier molecular flexibility index (Phi) is 25.1. The number of carbonyl (C=O) groups excluding carboxylic acids is 4. The van der Waals surface area contributed by atoms with E-state index in [9.17, 15) is 24.4 Å². The number of aryl methyl sites for hydroxylation is 1. The van der Waals surface area contributed by atoms with Gasteiger partial charge in [-0.25, -0.2) is 0 Å². The van der Waals surface area contributed by atoms with Crippen LogP contribution in [0.25, 0.3) is 0 Å². The summed E-state index contributed by atoms with van der Waals surface area (Å²) in [4.78, 5) is 64.2. The molecule has 0 atom stereocenters. The zero-order valence-electron chi connectivity index (χ0n) is 66.0. The van der Waals surface area contributed by atoms with Crippen LogP contribution in [-0.4, -0.2) is 146 Å². The van der Waals surface area contributed by atoms with Gasteiger partial charge in [-0.1, -0.05) is 92.7 Å². The molecule has 0 spiro atoms. The Morgan fingerprint density at radius 3 is 1.05 bits per heavy atom. The van der Waals surface area contributed by atoms with Gasteiger partial charge in [0, 0.05) is 95.7 Å². The quantitative estimate of drug-likeness (QED) is 0.0319. The summed E-state index contributed by atoms with van der Waals surface area (Å²) in [6, 6.07) is 7.48. The first-order chi connectivity index (χ1) is 43.7. The first-order valence-corrected chi connectivity index (χ1v) is 37.5. The van der Waals surface area contributed by atoms with Crippen molar-refractivity contribution in [1.29, 1.82) is 0 Å². The van der Waals surface area contributed by atoms with Crippen molar-refractivity contribution in [2.45, 2.75) is 349 Å². The van der Waals surface area contributed by atoms with E-state index in [1.165, 1.54) is 0 Å². The van der Waals surface area contributed by atoms with Crippen molar-refractivity contribution in [3.63, 3.8) is 0 Å². The number of piperidine rings is 4. The largest absolute Gasteiger partial charge is 0.507 e. The molecule has 552 valence electrons. The molecule has 4 N–H and O–H groups in total. The normalized spacial score (nSPS) is 21.8. The molecule has 0 saturated carbocycles. The molecule has 4 saturated heterocycles. The molecular weight excluding hydrogens is 1240 g/mol. The number of phenolic OH excluding ortho intramolecular Hbond substituents is 2. The average molecular weight is 1380 g/mol. The van der Waals surface area contributed by atoms with Crippen LogP contribution >= 0.6 is 7.60 Å². The third kappa shape index (κ3) is 20.5. The van der Waals surface area contributed by atoms with Crippen molar-refractivity contribution in [3.05, 3.63) is 70.3 Å². The molecule has 4 aliphatic rings. The fourth-order valence-corrected chi connectivity index (χ4v) is 18.6. The maximum atomic E-state index is 15.3. The van der Waals surface area contributed by atoms with E-state index in [2.05, 4.69) is 152 Å². The monoisotopic (exact) mass is 1380 g/mol. The number of allylic oxidation sites excluding steroid dienone is 1. The summed E-state index contributed by atoms with van der Waals surface area (Å²) in [5.41, 5.74) is -3.05. The van der Waals surface area contributed by atoms with E-state index in [0.29, 0.717) is 73.6 Å².